The van der Waals surface area contributed by atoms with Gasteiger partial charge >= 0.3 is 5.97 Å². The van der Waals surface area contributed by atoms with Gasteiger partial charge in [-0.2, -0.15) is 0 Å². The molecule has 0 saturated heterocycles. The molecule has 0 aliphatic heterocycles. The van der Waals surface area contributed by atoms with E-state index < -0.39 is 22.7 Å². The molecule has 0 aliphatic rings. The van der Waals surface area contributed by atoms with E-state index in [9.17, 15) is 24.5 Å². The normalized spacial score (nSPS) is 9.68. The summed E-state index contributed by atoms with van der Waals surface area (Å²) in [4.78, 5) is 43.8. The average Bonchev–Trinajstić information content (AvgIpc) is 2.52. The predicted octanol–water partition coefficient (Wildman–Crippen LogP) is 0.00390. The lowest BCUT2D eigenvalue weighted by Gasteiger charge is -2.06. The summed E-state index contributed by atoms with van der Waals surface area (Å²) in [5.41, 5.74) is 0.138. The summed E-state index contributed by atoms with van der Waals surface area (Å²) < 4.78 is 4.36. The van der Waals surface area contributed by atoms with Gasteiger partial charge in [0, 0.05) is 30.7 Å². The number of nitro benzene ring substituents is 1. The Hall–Kier alpha value is -2.97. The highest BCUT2D eigenvalue weighted by molar-refractivity contribution is 5.94. The van der Waals surface area contributed by atoms with Gasteiger partial charge in [0.1, 0.15) is 6.54 Å². The number of rotatable bonds is 7. The number of amides is 2. The molecule has 0 aromatic heterocycles. The molecule has 0 spiro atoms. The molecule has 22 heavy (non-hydrogen) atoms. The minimum Gasteiger partial charge on any atom is -0.468 e. The van der Waals surface area contributed by atoms with Crippen LogP contribution in [0, 0.1) is 10.1 Å². The quantitative estimate of drug-likeness (QED) is 0.414. The fourth-order valence-corrected chi connectivity index (χ4v) is 1.46. The number of carbonyl (C=O) groups is 3. The number of non-ortho nitro benzene ring substituents is 1. The molecule has 0 unspecified atom stereocenters. The van der Waals surface area contributed by atoms with Crippen molar-refractivity contribution in [3.05, 3.63) is 39.9 Å². The maximum absolute atomic E-state index is 11.7. The fraction of sp³-hybridized carbons (Fsp3) is 0.308. The highest BCUT2D eigenvalue weighted by Gasteiger charge is 2.10. The van der Waals surface area contributed by atoms with Crippen molar-refractivity contribution >= 4 is 23.5 Å². The van der Waals surface area contributed by atoms with E-state index in [0.717, 1.165) is 0 Å². The highest BCUT2D eigenvalue weighted by atomic mass is 16.6. The van der Waals surface area contributed by atoms with Gasteiger partial charge in [-0.25, -0.2) is 0 Å². The SMILES string of the molecule is COC(=O)CNC(=O)CCNC(=O)c1ccc([N+](=O)[O-])cc1. The van der Waals surface area contributed by atoms with E-state index in [-0.39, 0.29) is 30.8 Å². The second-order valence-corrected chi connectivity index (χ2v) is 4.16. The van der Waals surface area contributed by atoms with Gasteiger partial charge in [0.2, 0.25) is 5.91 Å². The van der Waals surface area contributed by atoms with Gasteiger partial charge in [0.05, 0.1) is 12.0 Å². The predicted molar refractivity (Wildman–Crippen MR) is 75.1 cm³/mol. The van der Waals surface area contributed by atoms with Crippen molar-refractivity contribution < 1.29 is 24.0 Å². The van der Waals surface area contributed by atoms with Crippen LogP contribution in [0.15, 0.2) is 24.3 Å². The molecule has 9 heteroatoms. The lowest BCUT2D eigenvalue weighted by Crippen LogP contribution is -2.33. The molecule has 0 radical (unpaired) electrons. The largest absolute Gasteiger partial charge is 0.468 e. The summed E-state index contributed by atoms with van der Waals surface area (Å²) in [7, 11) is 1.21. The monoisotopic (exact) mass is 309 g/mol. The number of esters is 1. The van der Waals surface area contributed by atoms with E-state index >= 15 is 0 Å². The second-order valence-electron chi connectivity index (χ2n) is 4.16. The summed E-state index contributed by atoms with van der Waals surface area (Å²) in [5, 5.41) is 15.3. The van der Waals surface area contributed by atoms with E-state index in [1.165, 1.54) is 31.4 Å². The molecular formula is C13H15N3O6. The van der Waals surface area contributed by atoms with Crippen LogP contribution in [-0.4, -0.2) is 42.9 Å². The van der Waals surface area contributed by atoms with Crippen LogP contribution in [0.25, 0.3) is 0 Å². The number of methoxy groups -OCH3 is 1. The van der Waals surface area contributed by atoms with Gasteiger partial charge < -0.3 is 15.4 Å². The van der Waals surface area contributed by atoms with Gasteiger partial charge in [0.15, 0.2) is 0 Å². The molecule has 1 aromatic rings. The molecule has 1 aromatic carbocycles. The molecule has 0 bridgehead atoms. The number of hydrogen-bond acceptors (Lipinski definition) is 6. The lowest BCUT2D eigenvalue weighted by molar-refractivity contribution is -0.384. The third kappa shape index (κ3) is 5.57. The summed E-state index contributed by atoms with van der Waals surface area (Å²) in [6, 6.07) is 5.09. The van der Waals surface area contributed by atoms with Gasteiger partial charge in [-0.05, 0) is 12.1 Å². The molecule has 1 rings (SSSR count). The second kappa shape index (κ2) is 8.35. The highest BCUT2D eigenvalue weighted by Crippen LogP contribution is 2.11. The molecule has 9 nitrogen and oxygen atoms in total. The molecule has 0 saturated carbocycles. The van der Waals surface area contributed by atoms with Crippen molar-refractivity contribution in [1.82, 2.24) is 10.6 Å². The first-order chi connectivity index (χ1) is 10.4. The Labute approximate surface area is 125 Å². The van der Waals surface area contributed by atoms with E-state index in [4.69, 9.17) is 0 Å². The van der Waals surface area contributed by atoms with E-state index in [2.05, 4.69) is 15.4 Å². The van der Waals surface area contributed by atoms with Crippen LogP contribution < -0.4 is 10.6 Å². The van der Waals surface area contributed by atoms with Crippen LogP contribution in [0.3, 0.4) is 0 Å². The van der Waals surface area contributed by atoms with E-state index in [0.29, 0.717) is 0 Å². The Kier molecular flexibility index (Phi) is 6.48. The van der Waals surface area contributed by atoms with Gasteiger partial charge in [-0.15, -0.1) is 0 Å². The zero-order valence-electron chi connectivity index (χ0n) is 11.8. The van der Waals surface area contributed by atoms with Crippen molar-refractivity contribution in [1.29, 1.82) is 0 Å². The van der Waals surface area contributed by atoms with Gasteiger partial charge in [-0.1, -0.05) is 0 Å². The molecule has 2 N–H and O–H groups in total. The molecule has 118 valence electrons. The molecule has 2 amide bonds. The zero-order chi connectivity index (χ0) is 16.5. The first-order valence-corrected chi connectivity index (χ1v) is 6.30. The molecular weight excluding hydrogens is 294 g/mol. The Morgan fingerprint density at radius 3 is 2.36 bits per heavy atom. The Morgan fingerprint density at radius 1 is 1.18 bits per heavy atom. The first kappa shape index (κ1) is 17.1. The minimum atomic E-state index is -0.566. The van der Waals surface area contributed by atoms with Crippen LogP contribution in [0.4, 0.5) is 5.69 Å². The maximum Gasteiger partial charge on any atom is 0.325 e. The van der Waals surface area contributed by atoms with Crippen molar-refractivity contribution in [2.45, 2.75) is 6.42 Å². The number of benzene rings is 1. The average molecular weight is 309 g/mol. The van der Waals surface area contributed by atoms with Crippen LogP contribution in [0.1, 0.15) is 16.8 Å². The molecule has 0 aliphatic carbocycles. The summed E-state index contributed by atoms with van der Waals surface area (Å²) in [6.07, 6.45) is -0.00425. The smallest absolute Gasteiger partial charge is 0.325 e. The number of nitrogens with zero attached hydrogens (tertiary/aromatic N) is 1. The lowest BCUT2D eigenvalue weighted by atomic mass is 10.2. The number of ether oxygens (including phenoxy) is 1. The Morgan fingerprint density at radius 2 is 1.82 bits per heavy atom. The van der Waals surface area contributed by atoms with Crippen LogP contribution >= 0.6 is 0 Å². The first-order valence-electron chi connectivity index (χ1n) is 6.30. The summed E-state index contributed by atoms with van der Waals surface area (Å²) >= 11 is 0. The topological polar surface area (TPSA) is 128 Å². The van der Waals surface area contributed by atoms with Crippen LogP contribution in [0.2, 0.25) is 0 Å². The standard InChI is InChI=1S/C13H15N3O6/c1-22-12(18)8-15-11(17)6-7-14-13(19)9-2-4-10(5-3-9)16(20)21/h2-5H,6-8H2,1H3,(H,14,19)(H,15,17). The third-order valence-electron chi connectivity index (χ3n) is 2.64. The number of carbonyl (C=O) groups excluding carboxylic acids is 3. The zero-order valence-corrected chi connectivity index (χ0v) is 11.8. The summed E-state index contributed by atoms with van der Waals surface area (Å²) in [5.74, 6) is -1.42. The summed E-state index contributed by atoms with van der Waals surface area (Å²) in [6.45, 7) is -0.158. The van der Waals surface area contributed by atoms with Gasteiger partial charge in [0.25, 0.3) is 11.6 Å². The van der Waals surface area contributed by atoms with Crippen LogP contribution in [-0.2, 0) is 14.3 Å². The van der Waals surface area contributed by atoms with Crippen molar-refractivity contribution in [3.63, 3.8) is 0 Å². The Bertz CT molecular complexity index is 570. The maximum atomic E-state index is 11.7. The molecule has 0 atom stereocenters. The van der Waals surface area contributed by atoms with Gasteiger partial charge in [-0.3, -0.25) is 24.5 Å². The van der Waals surface area contributed by atoms with E-state index in [1.807, 2.05) is 0 Å². The third-order valence-corrected chi connectivity index (χ3v) is 2.64. The Balaban J connectivity index is 2.35. The molecule has 0 fully saturated rings. The fourth-order valence-electron chi connectivity index (χ4n) is 1.46. The van der Waals surface area contributed by atoms with Crippen molar-refractivity contribution in [2.24, 2.45) is 0 Å². The van der Waals surface area contributed by atoms with Crippen molar-refractivity contribution in [2.75, 3.05) is 20.2 Å². The van der Waals surface area contributed by atoms with E-state index in [1.54, 1.807) is 0 Å². The number of nitro groups is 1. The van der Waals surface area contributed by atoms with Crippen LogP contribution in [0.5, 0.6) is 0 Å². The molecule has 0 heterocycles. The van der Waals surface area contributed by atoms with Crippen molar-refractivity contribution in [3.8, 4) is 0 Å². The minimum absolute atomic E-state index is 0.00425. The number of nitrogens with one attached hydrogen (secondary N) is 2. The number of hydrogen-bond donors (Lipinski definition) is 2.